The molecule has 0 fully saturated rings. The summed E-state index contributed by atoms with van der Waals surface area (Å²) in [6.45, 7) is 4.10. The normalized spacial score (nSPS) is 13.9. The third-order valence-electron chi connectivity index (χ3n) is 17.5. The van der Waals surface area contributed by atoms with Crippen LogP contribution in [0.25, 0.3) is 0 Å². The number of ether oxygens (including phenoxy) is 2. The van der Waals surface area contributed by atoms with Gasteiger partial charge in [-0.3, -0.25) is 14.2 Å². The molecule has 0 aliphatic heterocycles. The van der Waals surface area contributed by atoms with Crippen LogP contribution in [0.5, 0.6) is 0 Å². The molecule has 572 valence electrons. The highest BCUT2D eigenvalue weighted by molar-refractivity contribution is 7.45. The maximum atomic E-state index is 12.9. The Hall–Kier alpha value is -4.37. The summed E-state index contributed by atoms with van der Waals surface area (Å²) in [6, 6.07) is 0. The molecule has 0 aromatic carbocycles. The van der Waals surface area contributed by atoms with Gasteiger partial charge in [0.05, 0.1) is 27.7 Å². The summed E-state index contributed by atoms with van der Waals surface area (Å²) in [4.78, 5) is 38.2. The zero-order chi connectivity index (χ0) is 72.5. The van der Waals surface area contributed by atoms with Gasteiger partial charge in [-0.25, -0.2) is 0 Å². The van der Waals surface area contributed by atoms with Crippen LogP contribution in [0.3, 0.4) is 0 Å². The highest BCUT2D eigenvalue weighted by Gasteiger charge is 2.22. The van der Waals surface area contributed by atoms with E-state index in [2.05, 4.69) is 172 Å². The third kappa shape index (κ3) is 82.6. The third-order valence-corrected chi connectivity index (χ3v) is 18.5. The van der Waals surface area contributed by atoms with Crippen LogP contribution in [0.2, 0.25) is 0 Å². The summed E-state index contributed by atoms with van der Waals surface area (Å²) in [6.07, 6.45) is 118. The molecule has 0 saturated carbocycles. The van der Waals surface area contributed by atoms with Crippen molar-refractivity contribution in [2.45, 2.75) is 354 Å². The summed E-state index contributed by atoms with van der Waals surface area (Å²) in [5, 5.41) is 0. The number of esters is 2. The monoisotopic (exact) mass is 1410 g/mol. The smallest absolute Gasteiger partial charge is 0.306 e. The lowest BCUT2D eigenvalue weighted by Crippen LogP contribution is -2.37. The number of hydrogen-bond donors (Lipinski definition) is 0. The van der Waals surface area contributed by atoms with Gasteiger partial charge in [-0.2, -0.15) is 0 Å². The Morgan fingerprint density at radius 1 is 0.320 bits per heavy atom. The van der Waals surface area contributed by atoms with E-state index in [1.807, 2.05) is 21.1 Å². The fourth-order valence-corrected chi connectivity index (χ4v) is 12.0. The quantitative estimate of drug-likeness (QED) is 0.0195. The number of allylic oxidation sites excluding steroid dienone is 26. The maximum Gasteiger partial charge on any atom is 0.306 e. The first-order valence-electron chi connectivity index (χ1n) is 41.2. The molecule has 0 heterocycles. The lowest BCUT2D eigenvalue weighted by molar-refractivity contribution is -0.870. The van der Waals surface area contributed by atoms with Crippen molar-refractivity contribution in [2.24, 2.45) is 0 Å². The zero-order valence-corrected chi connectivity index (χ0v) is 66.2. The van der Waals surface area contributed by atoms with Crippen molar-refractivity contribution in [1.29, 1.82) is 0 Å². The molecule has 9 nitrogen and oxygen atoms in total. The molecular weight excluding hydrogens is 1250 g/mol. The highest BCUT2D eigenvalue weighted by Crippen LogP contribution is 2.38. The van der Waals surface area contributed by atoms with E-state index in [0.717, 1.165) is 116 Å². The molecular formula is C90H154NO8P. The number of unbranched alkanes of at least 4 members (excludes halogenated alkanes) is 35. The lowest BCUT2D eigenvalue weighted by atomic mass is 10.0. The lowest BCUT2D eigenvalue weighted by Gasteiger charge is -2.28. The van der Waals surface area contributed by atoms with Gasteiger partial charge >= 0.3 is 11.9 Å². The van der Waals surface area contributed by atoms with Gasteiger partial charge in [-0.1, -0.05) is 364 Å². The van der Waals surface area contributed by atoms with Crippen LogP contribution >= 0.6 is 7.82 Å². The van der Waals surface area contributed by atoms with E-state index in [0.29, 0.717) is 17.4 Å². The number of phosphoric acid groups is 1. The second kappa shape index (κ2) is 78.8. The minimum Gasteiger partial charge on any atom is -0.756 e. The molecule has 0 bridgehead atoms. The first kappa shape index (κ1) is 95.6. The van der Waals surface area contributed by atoms with E-state index >= 15 is 0 Å². The van der Waals surface area contributed by atoms with Gasteiger partial charge in [0.2, 0.25) is 0 Å². The van der Waals surface area contributed by atoms with Crippen molar-refractivity contribution in [2.75, 3.05) is 47.5 Å². The Balaban J connectivity index is 4.04. The van der Waals surface area contributed by atoms with E-state index in [1.165, 1.54) is 199 Å². The molecule has 2 atom stereocenters. The average molecular weight is 1410 g/mol. The average Bonchev–Trinajstić information content (AvgIpc) is 1.02. The molecule has 0 rings (SSSR count). The van der Waals surface area contributed by atoms with E-state index in [4.69, 9.17) is 18.5 Å². The van der Waals surface area contributed by atoms with Gasteiger partial charge in [-0.05, 0) is 128 Å². The first-order chi connectivity index (χ1) is 49.0. The summed E-state index contributed by atoms with van der Waals surface area (Å²) >= 11 is 0. The summed E-state index contributed by atoms with van der Waals surface area (Å²) in [7, 11) is 1.13. The minimum absolute atomic E-state index is 0.0440. The SMILES string of the molecule is CC/C=C\C/C=C\C/C=C\C/C=C\C/C=C\C/C=C\C/C=C\C/C=C\C/C=C\C/C=C\C/C=C\CCCCCC(=O)OC(COC(=O)CCCCCCCCCCCCCCCCCCCCCCCCCCCCC/C=C\C/C=C\CCCCCCC)COP(=O)([O-])OCC[N+](C)(C)C. The van der Waals surface area contributed by atoms with Crippen molar-refractivity contribution in [3.8, 4) is 0 Å². The largest absolute Gasteiger partial charge is 0.756 e. The second-order valence-corrected chi connectivity index (χ2v) is 29.8. The Morgan fingerprint density at radius 2 is 0.570 bits per heavy atom. The highest BCUT2D eigenvalue weighted by atomic mass is 31.2. The molecule has 0 spiro atoms. The molecule has 0 amide bonds. The van der Waals surface area contributed by atoms with Gasteiger partial charge in [-0.15, -0.1) is 0 Å². The van der Waals surface area contributed by atoms with E-state index in [9.17, 15) is 19.0 Å². The van der Waals surface area contributed by atoms with Gasteiger partial charge in [0.1, 0.15) is 19.8 Å². The van der Waals surface area contributed by atoms with Gasteiger partial charge in [0, 0.05) is 12.8 Å². The number of carbonyl (C=O) groups is 2. The maximum absolute atomic E-state index is 12.9. The fraction of sp³-hybridized carbons (Fsp3) is 0.689. The molecule has 0 aliphatic carbocycles. The van der Waals surface area contributed by atoms with Gasteiger partial charge in [0.15, 0.2) is 6.10 Å². The molecule has 0 aromatic heterocycles. The Labute approximate surface area is 617 Å². The number of nitrogens with zero attached hydrogens (tertiary/aromatic N) is 1. The number of hydrogen-bond acceptors (Lipinski definition) is 8. The second-order valence-electron chi connectivity index (χ2n) is 28.4. The number of likely N-dealkylation sites (N-methyl/N-ethyl adjacent to an activating group) is 1. The molecule has 0 radical (unpaired) electrons. The van der Waals surface area contributed by atoms with Crippen LogP contribution in [-0.2, 0) is 32.7 Å². The topological polar surface area (TPSA) is 111 Å². The predicted molar refractivity (Wildman–Crippen MR) is 434 cm³/mol. The number of phosphoric ester groups is 1. The van der Waals surface area contributed by atoms with Crippen LogP contribution < -0.4 is 4.89 Å². The summed E-state index contributed by atoms with van der Waals surface area (Å²) in [5.74, 6) is -0.870. The van der Waals surface area contributed by atoms with Crippen molar-refractivity contribution in [3.63, 3.8) is 0 Å². The van der Waals surface area contributed by atoms with Crippen molar-refractivity contribution in [3.05, 3.63) is 158 Å². The standard InChI is InChI=1S/C90H154NO8P/c1-6-8-10-12-14-16-18-20-22-24-26-28-30-32-34-36-38-40-42-44-45-47-48-50-52-54-56-58-60-62-64-66-68-70-72-74-76-78-80-82-89(92)96-86-88(87-98-100(94,95)97-85-84-91(3,4)5)99-90(93)83-81-79-77-75-73-71-69-67-65-63-61-59-57-55-53-51-49-46-43-41-39-37-35-33-31-29-27-25-23-21-19-17-15-13-11-9-7-2/h9,11,15,17-18,20-21,23-24,26-27,29,33,35,39,41,46,49,53,55,59,61,65,67,71,73,88H,6-8,10,12-14,16,19,22,25,28,30-32,34,36-38,40,42-45,47-48,50-52,54,56-58,60,62-64,66,68-70,72,74-87H2,1-5H3/b11-9-,17-15-,20-18-,23-21-,26-24-,29-27-,35-33-,41-39-,49-46-,55-53-,61-59-,67-65-,73-71-. The molecule has 0 N–H and O–H groups in total. The Kier molecular flexibility index (Phi) is 75.3. The molecule has 0 aromatic rings. The minimum atomic E-state index is -4.67. The Bertz CT molecular complexity index is 2250. The molecule has 100 heavy (non-hydrogen) atoms. The van der Waals surface area contributed by atoms with Crippen molar-refractivity contribution < 1.29 is 42.1 Å². The van der Waals surface area contributed by atoms with Crippen LogP contribution in [0, 0.1) is 0 Å². The Morgan fingerprint density at radius 3 is 0.860 bits per heavy atom. The van der Waals surface area contributed by atoms with Crippen molar-refractivity contribution in [1.82, 2.24) is 0 Å². The number of rotatable bonds is 75. The summed E-state index contributed by atoms with van der Waals surface area (Å²) in [5.41, 5.74) is 0. The number of carbonyl (C=O) groups excluding carboxylic acids is 2. The van der Waals surface area contributed by atoms with Gasteiger partial charge in [0.25, 0.3) is 7.82 Å². The molecule has 0 saturated heterocycles. The summed E-state index contributed by atoms with van der Waals surface area (Å²) < 4.78 is 34.4. The molecule has 10 heteroatoms. The van der Waals surface area contributed by atoms with Gasteiger partial charge < -0.3 is 27.9 Å². The van der Waals surface area contributed by atoms with Crippen LogP contribution in [0.1, 0.15) is 348 Å². The predicted octanol–water partition coefficient (Wildman–Crippen LogP) is 27.2. The van der Waals surface area contributed by atoms with Crippen LogP contribution in [0.4, 0.5) is 0 Å². The molecule has 2 unspecified atom stereocenters. The van der Waals surface area contributed by atoms with Crippen LogP contribution in [-0.4, -0.2) is 70.0 Å². The number of quaternary nitrogens is 1. The van der Waals surface area contributed by atoms with Crippen LogP contribution in [0.15, 0.2) is 158 Å². The first-order valence-corrected chi connectivity index (χ1v) is 42.7. The van der Waals surface area contributed by atoms with Crippen molar-refractivity contribution >= 4 is 19.8 Å². The van der Waals surface area contributed by atoms with E-state index in [-0.39, 0.29) is 26.1 Å². The van der Waals surface area contributed by atoms with E-state index < -0.39 is 32.5 Å². The van der Waals surface area contributed by atoms with E-state index in [1.54, 1.807) is 0 Å². The fourth-order valence-electron chi connectivity index (χ4n) is 11.3. The zero-order valence-electron chi connectivity index (χ0n) is 65.3. The molecule has 0 aliphatic rings.